The molecule has 1 aliphatic heterocycles. The molecule has 0 saturated carbocycles. The molecule has 1 fully saturated rings. The van der Waals surface area contributed by atoms with Crippen molar-refractivity contribution in [2.24, 2.45) is 0 Å². The van der Waals surface area contributed by atoms with Crippen LogP contribution in [-0.2, 0) is 14.2 Å². The first-order valence-corrected chi connectivity index (χ1v) is 3.58. The monoisotopic (exact) mass is 146 g/mol. The maximum Gasteiger partial charge on any atom is 0.160 e. The van der Waals surface area contributed by atoms with E-state index in [0.29, 0.717) is 0 Å². The maximum atomic E-state index is 5.34. The lowest BCUT2D eigenvalue weighted by molar-refractivity contribution is -0.251. The third-order valence-electron chi connectivity index (χ3n) is 1.71. The summed E-state index contributed by atoms with van der Waals surface area (Å²) in [6, 6.07) is 0. The van der Waals surface area contributed by atoms with Crippen molar-refractivity contribution in [2.75, 3.05) is 14.2 Å². The molecule has 1 rings (SSSR count). The van der Waals surface area contributed by atoms with Gasteiger partial charge in [0.25, 0.3) is 0 Å². The van der Waals surface area contributed by atoms with E-state index in [1.54, 1.807) is 14.2 Å². The summed E-state index contributed by atoms with van der Waals surface area (Å²) < 4.78 is 15.4. The number of ether oxygens (including phenoxy) is 3. The minimum absolute atomic E-state index is 0.0568. The summed E-state index contributed by atoms with van der Waals surface area (Å²) in [5.74, 6) is 0. The average molecular weight is 146 g/mol. The topological polar surface area (TPSA) is 27.7 Å². The Bertz CT molecular complexity index is 84.9. The van der Waals surface area contributed by atoms with Gasteiger partial charge in [-0.2, -0.15) is 0 Å². The van der Waals surface area contributed by atoms with Gasteiger partial charge in [-0.1, -0.05) is 0 Å². The van der Waals surface area contributed by atoms with E-state index < -0.39 is 0 Å². The fraction of sp³-hybridized carbons (Fsp3) is 1.00. The summed E-state index contributed by atoms with van der Waals surface area (Å²) in [5.41, 5.74) is 0. The molecule has 1 aliphatic rings. The van der Waals surface area contributed by atoms with Crippen LogP contribution in [0.25, 0.3) is 0 Å². The molecule has 0 N–H and O–H groups in total. The molecule has 0 unspecified atom stereocenters. The number of methoxy groups -OCH3 is 2. The van der Waals surface area contributed by atoms with Crippen molar-refractivity contribution in [3.63, 3.8) is 0 Å². The van der Waals surface area contributed by atoms with Gasteiger partial charge >= 0.3 is 0 Å². The van der Waals surface area contributed by atoms with E-state index in [1.165, 1.54) is 0 Å². The van der Waals surface area contributed by atoms with Gasteiger partial charge in [-0.15, -0.1) is 0 Å². The first-order chi connectivity index (χ1) is 4.86. The van der Waals surface area contributed by atoms with Crippen LogP contribution in [0.1, 0.15) is 19.3 Å². The van der Waals surface area contributed by atoms with Crippen molar-refractivity contribution in [2.45, 2.75) is 31.8 Å². The summed E-state index contributed by atoms with van der Waals surface area (Å²) in [6.07, 6.45) is 2.97. The number of hydrogen-bond donors (Lipinski definition) is 0. The summed E-state index contributed by atoms with van der Waals surface area (Å²) in [6.45, 7) is 0. The number of hydrogen-bond acceptors (Lipinski definition) is 3. The van der Waals surface area contributed by atoms with Gasteiger partial charge in [-0.05, 0) is 19.3 Å². The van der Waals surface area contributed by atoms with Crippen LogP contribution in [0, 0.1) is 0 Å². The first kappa shape index (κ1) is 7.98. The summed E-state index contributed by atoms with van der Waals surface area (Å²) in [4.78, 5) is 0. The molecule has 2 atom stereocenters. The molecule has 0 aliphatic carbocycles. The highest BCUT2D eigenvalue weighted by Crippen LogP contribution is 2.19. The van der Waals surface area contributed by atoms with Gasteiger partial charge in [0.2, 0.25) is 0 Å². The second kappa shape index (κ2) is 3.91. The van der Waals surface area contributed by atoms with Crippen molar-refractivity contribution in [3.05, 3.63) is 0 Å². The fourth-order valence-corrected chi connectivity index (χ4v) is 1.10. The third kappa shape index (κ3) is 1.94. The second-order valence-corrected chi connectivity index (χ2v) is 2.40. The Kier molecular flexibility index (Phi) is 3.12. The van der Waals surface area contributed by atoms with Crippen molar-refractivity contribution in [1.29, 1.82) is 0 Å². The Balaban J connectivity index is 2.25. The minimum Gasteiger partial charge on any atom is -0.356 e. The normalized spacial score (nSPS) is 34.2. The zero-order chi connectivity index (χ0) is 7.40. The molecule has 0 spiro atoms. The van der Waals surface area contributed by atoms with Crippen molar-refractivity contribution < 1.29 is 14.2 Å². The lowest BCUT2D eigenvalue weighted by Gasteiger charge is -2.27. The van der Waals surface area contributed by atoms with E-state index in [4.69, 9.17) is 14.2 Å². The fourth-order valence-electron chi connectivity index (χ4n) is 1.10. The average Bonchev–Trinajstić information content (AvgIpc) is 2.05. The zero-order valence-corrected chi connectivity index (χ0v) is 6.50. The third-order valence-corrected chi connectivity index (χ3v) is 1.71. The molecule has 0 radical (unpaired) electrons. The molecule has 3 heteroatoms. The van der Waals surface area contributed by atoms with Gasteiger partial charge in [0.05, 0.1) is 0 Å². The Hall–Kier alpha value is -0.120. The van der Waals surface area contributed by atoms with Gasteiger partial charge in [-0.25, -0.2) is 0 Å². The van der Waals surface area contributed by atoms with Crippen LogP contribution in [-0.4, -0.2) is 26.8 Å². The highest BCUT2D eigenvalue weighted by Gasteiger charge is 2.20. The highest BCUT2D eigenvalue weighted by molar-refractivity contribution is 4.57. The van der Waals surface area contributed by atoms with Crippen LogP contribution in [0.3, 0.4) is 0 Å². The van der Waals surface area contributed by atoms with Gasteiger partial charge in [0.1, 0.15) is 0 Å². The second-order valence-electron chi connectivity index (χ2n) is 2.40. The Labute approximate surface area is 61.3 Å². The molecule has 0 aromatic heterocycles. The molecular formula is C7H14O3. The summed E-state index contributed by atoms with van der Waals surface area (Å²) >= 11 is 0. The van der Waals surface area contributed by atoms with Crippen molar-refractivity contribution in [3.8, 4) is 0 Å². The molecule has 3 nitrogen and oxygen atoms in total. The SMILES string of the molecule is CO[C@@H]1CCC[C@@H](OC)O1. The van der Waals surface area contributed by atoms with Crippen LogP contribution in [0.5, 0.6) is 0 Å². The largest absolute Gasteiger partial charge is 0.356 e. The molecule has 10 heavy (non-hydrogen) atoms. The Morgan fingerprint density at radius 1 is 1.10 bits per heavy atom. The molecule has 0 aromatic rings. The molecule has 60 valence electrons. The van der Waals surface area contributed by atoms with E-state index in [2.05, 4.69) is 0 Å². The Morgan fingerprint density at radius 2 is 1.60 bits per heavy atom. The molecular weight excluding hydrogens is 132 g/mol. The smallest absolute Gasteiger partial charge is 0.160 e. The molecule has 0 bridgehead atoms. The Morgan fingerprint density at radius 3 is 2.00 bits per heavy atom. The lowest BCUT2D eigenvalue weighted by atomic mass is 10.2. The van der Waals surface area contributed by atoms with Crippen molar-refractivity contribution in [1.82, 2.24) is 0 Å². The van der Waals surface area contributed by atoms with E-state index in [1.807, 2.05) is 0 Å². The van der Waals surface area contributed by atoms with Gasteiger partial charge in [0, 0.05) is 14.2 Å². The summed E-state index contributed by atoms with van der Waals surface area (Å²) in [7, 11) is 3.31. The standard InChI is InChI=1S/C7H14O3/c1-8-6-4-3-5-7(9-2)10-6/h6-7H,3-5H2,1-2H3/t6-,7-/m0/s1. The quantitative estimate of drug-likeness (QED) is 0.584. The van der Waals surface area contributed by atoms with Gasteiger partial charge < -0.3 is 14.2 Å². The van der Waals surface area contributed by atoms with E-state index in [0.717, 1.165) is 19.3 Å². The van der Waals surface area contributed by atoms with Gasteiger partial charge in [-0.3, -0.25) is 0 Å². The van der Waals surface area contributed by atoms with E-state index >= 15 is 0 Å². The van der Waals surface area contributed by atoms with Crippen molar-refractivity contribution >= 4 is 0 Å². The molecule has 0 amide bonds. The summed E-state index contributed by atoms with van der Waals surface area (Å²) in [5, 5.41) is 0. The molecule has 1 saturated heterocycles. The number of rotatable bonds is 2. The predicted octanol–water partition coefficient (Wildman–Crippen LogP) is 1.13. The van der Waals surface area contributed by atoms with E-state index in [9.17, 15) is 0 Å². The zero-order valence-electron chi connectivity index (χ0n) is 6.50. The minimum atomic E-state index is -0.0568. The highest BCUT2D eigenvalue weighted by atomic mass is 16.8. The predicted molar refractivity (Wildman–Crippen MR) is 36.5 cm³/mol. The van der Waals surface area contributed by atoms with Crippen LogP contribution in [0.4, 0.5) is 0 Å². The van der Waals surface area contributed by atoms with Crippen LogP contribution in [0.2, 0.25) is 0 Å². The van der Waals surface area contributed by atoms with Crippen LogP contribution in [0.15, 0.2) is 0 Å². The van der Waals surface area contributed by atoms with E-state index in [-0.39, 0.29) is 12.6 Å². The lowest BCUT2D eigenvalue weighted by Crippen LogP contribution is -2.29. The first-order valence-electron chi connectivity index (χ1n) is 3.58. The molecule has 0 aromatic carbocycles. The maximum absolute atomic E-state index is 5.34. The van der Waals surface area contributed by atoms with Gasteiger partial charge in [0.15, 0.2) is 12.6 Å². The van der Waals surface area contributed by atoms with Crippen LogP contribution >= 0.6 is 0 Å². The van der Waals surface area contributed by atoms with Crippen LogP contribution < -0.4 is 0 Å². The molecule has 1 heterocycles.